The Morgan fingerprint density at radius 3 is 3.00 bits per heavy atom. The van der Waals surface area contributed by atoms with Crippen molar-refractivity contribution in [3.05, 3.63) is 23.8 Å². The number of aromatic amines is 1. The molecular formula is C9H13N7O. The molecule has 0 aliphatic heterocycles. The SMILES string of the molecule is Cc1nc(C(=O)NCCc2nncn2C)n[nH]1. The summed E-state index contributed by atoms with van der Waals surface area (Å²) in [6.45, 7) is 2.21. The Morgan fingerprint density at radius 2 is 2.41 bits per heavy atom. The van der Waals surface area contributed by atoms with Crippen LogP contribution in [0.4, 0.5) is 0 Å². The highest BCUT2D eigenvalue weighted by molar-refractivity contribution is 5.90. The van der Waals surface area contributed by atoms with Gasteiger partial charge in [-0.3, -0.25) is 9.89 Å². The molecule has 0 aliphatic rings. The number of nitrogens with zero attached hydrogens (tertiary/aromatic N) is 5. The molecule has 0 aromatic carbocycles. The lowest BCUT2D eigenvalue weighted by Crippen LogP contribution is -2.27. The van der Waals surface area contributed by atoms with Gasteiger partial charge in [-0.2, -0.15) is 0 Å². The van der Waals surface area contributed by atoms with Crippen molar-refractivity contribution in [1.82, 2.24) is 35.3 Å². The van der Waals surface area contributed by atoms with Crippen LogP contribution in [-0.2, 0) is 13.5 Å². The van der Waals surface area contributed by atoms with Crippen LogP contribution in [0.1, 0.15) is 22.3 Å². The predicted octanol–water partition coefficient (Wildman–Crippen LogP) is -0.786. The third-order valence-corrected chi connectivity index (χ3v) is 2.24. The quantitative estimate of drug-likeness (QED) is 0.723. The van der Waals surface area contributed by atoms with Gasteiger partial charge in [0.15, 0.2) is 0 Å². The Bertz CT molecular complexity index is 515. The van der Waals surface area contributed by atoms with Gasteiger partial charge in [0.1, 0.15) is 18.0 Å². The maximum Gasteiger partial charge on any atom is 0.290 e. The molecule has 2 rings (SSSR count). The lowest BCUT2D eigenvalue weighted by atomic mass is 10.4. The molecule has 0 atom stereocenters. The van der Waals surface area contributed by atoms with Crippen LogP contribution < -0.4 is 5.32 Å². The highest BCUT2D eigenvalue weighted by atomic mass is 16.2. The van der Waals surface area contributed by atoms with Crippen molar-refractivity contribution < 1.29 is 4.79 Å². The maximum atomic E-state index is 11.6. The molecule has 17 heavy (non-hydrogen) atoms. The van der Waals surface area contributed by atoms with Crippen LogP contribution in [0.15, 0.2) is 6.33 Å². The number of H-pyrrole nitrogens is 1. The van der Waals surface area contributed by atoms with Crippen molar-refractivity contribution >= 4 is 5.91 Å². The molecule has 2 aromatic rings. The molecule has 90 valence electrons. The summed E-state index contributed by atoms with van der Waals surface area (Å²) in [5, 5.41) is 16.8. The summed E-state index contributed by atoms with van der Waals surface area (Å²) in [5.41, 5.74) is 0. The molecule has 2 heterocycles. The first kappa shape index (κ1) is 11.2. The fourth-order valence-corrected chi connectivity index (χ4v) is 1.34. The average Bonchev–Trinajstić information content (AvgIpc) is 2.88. The van der Waals surface area contributed by atoms with Crippen molar-refractivity contribution in [2.75, 3.05) is 6.54 Å². The number of hydrogen-bond donors (Lipinski definition) is 2. The van der Waals surface area contributed by atoms with Crippen LogP contribution in [0.5, 0.6) is 0 Å². The van der Waals surface area contributed by atoms with E-state index < -0.39 is 0 Å². The topological polar surface area (TPSA) is 101 Å². The Hall–Kier alpha value is -2.25. The fraction of sp³-hybridized carbons (Fsp3) is 0.444. The Balaban J connectivity index is 1.83. The smallest absolute Gasteiger partial charge is 0.290 e. The Kier molecular flexibility index (Phi) is 3.12. The van der Waals surface area contributed by atoms with E-state index in [4.69, 9.17) is 0 Å². The summed E-state index contributed by atoms with van der Waals surface area (Å²) in [5.74, 6) is 1.29. The van der Waals surface area contributed by atoms with Crippen molar-refractivity contribution in [3.8, 4) is 0 Å². The molecule has 1 amide bonds. The third-order valence-electron chi connectivity index (χ3n) is 2.24. The second-order valence-corrected chi connectivity index (χ2v) is 3.61. The highest BCUT2D eigenvalue weighted by Crippen LogP contribution is 1.93. The van der Waals surface area contributed by atoms with Crippen molar-refractivity contribution in [3.63, 3.8) is 0 Å². The van der Waals surface area contributed by atoms with Crippen LogP contribution in [0.2, 0.25) is 0 Å². The second kappa shape index (κ2) is 4.73. The molecule has 0 radical (unpaired) electrons. The lowest BCUT2D eigenvalue weighted by molar-refractivity contribution is 0.0944. The number of aryl methyl sites for hydroxylation is 2. The van der Waals surface area contributed by atoms with Crippen LogP contribution >= 0.6 is 0 Å². The average molecular weight is 235 g/mol. The van der Waals surface area contributed by atoms with Gasteiger partial charge in [0.25, 0.3) is 5.91 Å². The number of hydrogen-bond acceptors (Lipinski definition) is 5. The molecule has 0 fully saturated rings. The first-order chi connectivity index (χ1) is 8.16. The van der Waals surface area contributed by atoms with Gasteiger partial charge in [-0.1, -0.05) is 0 Å². The van der Waals surface area contributed by atoms with E-state index in [1.54, 1.807) is 13.3 Å². The number of aromatic nitrogens is 6. The van der Waals surface area contributed by atoms with Crippen LogP contribution in [-0.4, -0.2) is 42.4 Å². The fourth-order valence-electron chi connectivity index (χ4n) is 1.34. The number of rotatable bonds is 4. The van der Waals surface area contributed by atoms with Gasteiger partial charge in [0, 0.05) is 20.0 Å². The maximum absolute atomic E-state index is 11.6. The van der Waals surface area contributed by atoms with Gasteiger partial charge in [0.05, 0.1) is 0 Å². The molecule has 0 spiro atoms. The lowest BCUT2D eigenvalue weighted by Gasteiger charge is -2.01. The van der Waals surface area contributed by atoms with Gasteiger partial charge in [-0.15, -0.1) is 15.3 Å². The summed E-state index contributed by atoms with van der Waals surface area (Å²) in [4.78, 5) is 15.5. The number of carbonyl (C=O) groups excluding carboxylic acids is 1. The molecule has 0 saturated carbocycles. The summed E-state index contributed by atoms with van der Waals surface area (Å²) < 4.78 is 1.81. The Labute approximate surface area is 97.5 Å². The van der Waals surface area contributed by atoms with Gasteiger partial charge in [0.2, 0.25) is 5.82 Å². The normalized spacial score (nSPS) is 10.5. The van der Waals surface area contributed by atoms with E-state index >= 15 is 0 Å². The minimum absolute atomic E-state index is 0.153. The van der Waals surface area contributed by atoms with Gasteiger partial charge >= 0.3 is 0 Å². The van der Waals surface area contributed by atoms with Crippen LogP contribution in [0.3, 0.4) is 0 Å². The van der Waals surface area contributed by atoms with Crippen molar-refractivity contribution in [1.29, 1.82) is 0 Å². The van der Waals surface area contributed by atoms with E-state index in [1.165, 1.54) is 0 Å². The van der Waals surface area contributed by atoms with Crippen LogP contribution in [0.25, 0.3) is 0 Å². The van der Waals surface area contributed by atoms with E-state index in [0.29, 0.717) is 18.8 Å². The largest absolute Gasteiger partial charge is 0.349 e. The zero-order valence-corrected chi connectivity index (χ0v) is 9.64. The number of nitrogens with one attached hydrogen (secondary N) is 2. The van der Waals surface area contributed by atoms with Crippen LogP contribution in [0, 0.1) is 6.92 Å². The standard InChI is InChI=1S/C9H13N7O/c1-6-12-8(15-13-6)9(17)10-4-3-7-14-11-5-16(7)2/h5H,3-4H2,1-2H3,(H,10,17)(H,12,13,15). The van der Waals surface area contributed by atoms with Gasteiger partial charge < -0.3 is 9.88 Å². The number of carbonyl (C=O) groups is 1. The molecular weight excluding hydrogens is 222 g/mol. The molecule has 0 unspecified atom stereocenters. The molecule has 8 heteroatoms. The van der Waals surface area contributed by atoms with E-state index in [1.807, 2.05) is 11.6 Å². The molecule has 0 aliphatic carbocycles. The van der Waals surface area contributed by atoms with E-state index in [9.17, 15) is 4.79 Å². The first-order valence-corrected chi connectivity index (χ1v) is 5.17. The molecule has 8 nitrogen and oxygen atoms in total. The number of amides is 1. The minimum atomic E-state index is -0.295. The summed E-state index contributed by atoms with van der Waals surface area (Å²) in [6, 6.07) is 0. The molecule has 2 aromatic heterocycles. The van der Waals surface area contributed by atoms with E-state index in [2.05, 4.69) is 30.7 Å². The highest BCUT2D eigenvalue weighted by Gasteiger charge is 2.10. The van der Waals surface area contributed by atoms with E-state index in [-0.39, 0.29) is 11.7 Å². The van der Waals surface area contributed by atoms with E-state index in [0.717, 1.165) is 5.82 Å². The monoisotopic (exact) mass is 235 g/mol. The summed E-state index contributed by atoms with van der Waals surface area (Å²) in [7, 11) is 1.86. The third kappa shape index (κ3) is 2.65. The predicted molar refractivity (Wildman–Crippen MR) is 58.2 cm³/mol. The zero-order chi connectivity index (χ0) is 12.3. The summed E-state index contributed by atoms with van der Waals surface area (Å²) >= 11 is 0. The second-order valence-electron chi connectivity index (χ2n) is 3.61. The van der Waals surface area contributed by atoms with Crippen molar-refractivity contribution in [2.45, 2.75) is 13.3 Å². The van der Waals surface area contributed by atoms with Gasteiger partial charge in [-0.05, 0) is 6.92 Å². The first-order valence-electron chi connectivity index (χ1n) is 5.17. The molecule has 0 bridgehead atoms. The minimum Gasteiger partial charge on any atom is -0.349 e. The molecule has 2 N–H and O–H groups in total. The summed E-state index contributed by atoms with van der Waals surface area (Å²) in [6.07, 6.45) is 2.24. The van der Waals surface area contributed by atoms with Gasteiger partial charge in [-0.25, -0.2) is 4.98 Å². The molecule has 0 saturated heterocycles. The Morgan fingerprint density at radius 1 is 1.59 bits per heavy atom. The van der Waals surface area contributed by atoms with Crippen molar-refractivity contribution in [2.24, 2.45) is 7.05 Å². The zero-order valence-electron chi connectivity index (χ0n) is 9.64.